The van der Waals surface area contributed by atoms with E-state index in [1.54, 1.807) is 16.8 Å². The Morgan fingerprint density at radius 2 is 2.00 bits per heavy atom. The molecular formula is C12H8BrN3O. The Morgan fingerprint density at radius 3 is 2.76 bits per heavy atom. The number of nitrogens with one attached hydrogen (secondary N) is 1. The van der Waals surface area contributed by atoms with Crippen LogP contribution >= 0.6 is 15.9 Å². The molecule has 2 heterocycles. The van der Waals surface area contributed by atoms with Gasteiger partial charge in [-0.15, -0.1) is 0 Å². The van der Waals surface area contributed by atoms with E-state index in [-0.39, 0.29) is 5.69 Å². The van der Waals surface area contributed by atoms with Crippen LogP contribution in [0.3, 0.4) is 0 Å². The summed E-state index contributed by atoms with van der Waals surface area (Å²) in [4.78, 5) is 18.9. The molecule has 2 aromatic heterocycles. The summed E-state index contributed by atoms with van der Waals surface area (Å²) in [6.45, 7) is 0. The Labute approximate surface area is 105 Å². The predicted molar refractivity (Wildman–Crippen MR) is 69.4 cm³/mol. The van der Waals surface area contributed by atoms with Gasteiger partial charge in [-0.05, 0) is 40.2 Å². The van der Waals surface area contributed by atoms with Crippen LogP contribution in [-0.4, -0.2) is 14.5 Å². The zero-order valence-corrected chi connectivity index (χ0v) is 10.3. The van der Waals surface area contributed by atoms with Crippen LogP contribution < -0.4 is 5.69 Å². The number of nitrogens with zero attached hydrogens (tertiary/aromatic N) is 2. The standard InChI is InChI=1S/C12H8BrN3O/c13-8-5-6-11(14-7-8)16-10-4-2-1-3-9(10)15-12(16)17/h1-7H,(H,15,17). The number of aromatic nitrogens is 3. The van der Waals surface area contributed by atoms with Crippen molar-refractivity contribution < 1.29 is 0 Å². The number of para-hydroxylation sites is 2. The second-order valence-electron chi connectivity index (χ2n) is 3.62. The molecular weight excluding hydrogens is 282 g/mol. The Morgan fingerprint density at radius 1 is 1.18 bits per heavy atom. The van der Waals surface area contributed by atoms with Gasteiger partial charge >= 0.3 is 5.69 Å². The van der Waals surface area contributed by atoms with Crippen molar-refractivity contribution in [3.8, 4) is 5.82 Å². The van der Waals surface area contributed by atoms with E-state index >= 15 is 0 Å². The first-order valence-corrected chi connectivity index (χ1v) is 5.87. The highest BCUT2D eigenvalue weighted by Gasteiger charge is 2.08. The van der Waals surface area contributed by atoms with Gasteiger partial charge in [0.05, 0.1) is 11.0 Å². The molecule has 0 bridgehead atoms. The normalized spacial score (nSPS) is 10.9. The molecule has 17 heavy (non-hydrogen) atoms. The molecule has 0 unspecified atom stereocenters. The Kier molecular flexibility index (Phi) is 2.33. The molecule has 0 amide bonds. The molecule has 5 heteroatoms. The summed E-state index contributed by atoms with van der Waals surface area (Å²) in [5.74, 6) is 0.607. The van der Waals surface area contributed by atoms with Gasteiger partial charge in [0, 0.05) is 10.7 Å². The van der Waals surface area contributed by atoms with Crippen molar-refractivity contribution in [3.05, 3.63) is 57.6 Å². The summed E-state index contributed by atoms with van der Waals surface area (Å²) in [7, 11) is 0. The molecule has 0 spiro atoms. The van der Waals surface area contributed by atoms with Gasteiger partial charge in [-0.25, -0.2) is 14.3 Å². The second kappa shape index (κ2) is 3.85. The van der Waals surface area contributed by atoms with Crippen molar-refractivity contribution in [2.45, 2.75) is 0 Å². The van der Waals surface area contributed by atoms with E-state index in [0.29, 0.717) is 5.82 Å². The van der Waals surface area contributed by atoms with Crippen molar-refractivity contribution in [2.24, 2.45) is 0 Å². The van der Waals surface area contributed by atoms with E-state index in [0.717, 1.165) is 15.5 Å². The number of hydrogen-bond acceptors (Lipinski definition) is 2. The average molecular weight is 290 g/mol. The molecule has 0 aliphatic rings. The molecule has 84 valence electrons. The molecule has 1 N–H and O–H groups in total. The van der Waals surface area contributed by atoms with Gasteiger partial charge in [0.15, 0.2) is 0 Å². The fourth-order valence-electron chi connectivity index (χ4n) is 1.78. The minimum atomic E-state index is -0.180. The van der Waals surface area contributed by atoms with Gasteiger partial charge in [0.1, 0.15) is 5.82 Å². The molecule has 0 saturated heterocycles. The Hall–Kier alpha value is -1.88. The number of pyridine rings is 1. The van der Waals surface area contributed by atoms with Crippen LogP contribution in [0, 0.1) is 0 Å². The van der Waals surface area contributed by atoms with E-state index in [9.17, 15) is 4.79 Å². The van der Waals surface area contributed by atoms with E-state index in [1.807, 2.05) is 30.3 Å². The molecule has 0 aliphatic heterocycles. The van der Waals surface area contributed by atoms with Gasteiger partial charge in [-0.1, -0.05) is 12.1 Å². The molecule has 1 aromatic carbocycles. The lowest BCUT2D eigenvalue weighted by molar-refractivity contribution is 0.964. The third kappa shape index (κ3) is 1.68. The average Bonchev–Trinajstić information content (AvgIpc) is 2.66. The van der Waals surface area contributed by atoms with E-state index in [4.69, 9.17) is 0 Å². The van der Waals surface area contributed by atoms with Gasteiger partial charge in [-0.3, -0.25) is 0 Å². The van der Waals surface area contributed by atoms with Gasteiger partial charge in [0.2, 0.25) is 0 Å². The number of imidazole rings is 1. The first-order chi connectivity index (χ1) is 8.25. The first kappa shape index (κ1) is 10.3. The van der Waals surface area contributed by atoms with Gasteiger partial charge in [-0.2, -0.15) is 0 Å². The molecule has 0 saturated carbocycles. The number of H-pyrrole nitrogens is 1. The molecule has 0 radical (unpaired) electrons. The maximum absolute atomic E-state index is 11.9. The summed E-state index contributed by atoms with van der Waals surface area (Å²) < 4.78 is 2.44. The second-order valence-corrected chi connectivity index (χ2v) is 4.53. The molecule has 4 nitrogen and oxygen atoms in total. The molecule has 0 aliphatic carbocycles. The van der Waals surface area contributed by atoms with E-state index < -0.39 is 0 Å². The lowest BCUT2D eigenvalue weighted by Crippen LogP contribution is -2.15. The molecule has 3 rings (SSSR count). The highest BCUT2D eigenvalue weighted by Crippen LogP contribution is 2.15. The van der Waals surface area contributed by atoms with Crippen LogP contribution in [0.4, 0.5) is 0 Å². The summed E-state index contributed by atoms with van der Waals surface area (Å²) >= 11 is 3.32. The molecule has 3 aromatic rings. The smallest absolute Gasteiger partial charge is 0.305 e. The summed E-state index contributed by atoms with van der Waals surface area (Å²) in [5, 5.41) is 0. The van der Waals surface area contributed by atoms with Crippen LogP contribution in [0.25, 0.3) is 16.9 Å². The third-order valence-electron chi connectivity index (χ3n) is 2.53. The lowest BCUT2D eigenvalue weighted by Gasteiger charge is -2.01. The van der Waals surface area contributed by atoms with Crippen LogP contribution in [0.2, 0.25) is 0 Å². The highest BCUT2D eigenvalue weighted by atomic mass is 79.9. The van der Waals surface area contributed by atoms with E-state index in [1.165, 1.54) is 0 Å². The molecule has 0 fully saturated rings. The number of aromatic amines is 1. The predicted octanol–water partition coefficient (Wildman–Crippen LogP) is 2.48. The quantitative estimate of drug-likeness (QED) is 0.748. The van der Waals surface area contributed by atoms with Crippen molar-refractivity contribution in [2.75, 3.05) is 0 Å². The largest absolute Gasteiger partial charge is 0.332 e. The van der Waals surface area contributed by atoms with Gasteiger partial charge < -0.3 is 4.98 Å². The zero-order chi connectivity index (χ0) is 11.8. The van der Waals surface area contributed by atoms with Crippen LogP contribution in [0.15, 0.2) is 51.9 Å². The Balaban J connectivity index is 2.33. The maximum Gasteiger partial charge on any atom is 0.332 e. The third-order valence-corrected chi connectivity index (χ3v) is 3.00. The topological polar surface area (TPSA) is 50.7 Å². The fourth-order valence-corrected chi connectivity index (χ4v) is 2.02. The van der Waals surface area contributed by atoms with Crippen molar-refractivity contribution in [1.29, 1.82) is 0 Å². The Bertz CT molecular complexity index is 727. The van der Waals surface area contributed by atoms with Crippen LogP contribution in [0.1, 0.15) is 0 Å². The van der Waals surface area contributed by atoms with Crippen molar-refractivity contribution in [3.63, 3.8) is 0 Å². The summed E-state index contributed by atoms with van der Waals surface area (Å²) in [5.41, 5.74) is 1.45. The highest BCUT2D eigenvalue weighted by molar-refractivity contribution is 9.10. The number of benzene rings is 1. The van der Waals surface area contributed by atoms with Crippen LogP contribution in [0.5, 0.6) is 0 Å². The summed E-state index contributed by atoms with van der Waals surface area (Å²) in [6.07, 6.45) is 1.67. The maximum atomic E-state index is 11.9. The van der Waals surface area contributed by atoms with Crippen molar-refractivity contribution >= 4 is 27.0 Å². The fraction of sp³-hybridized carbons (Fsp3) is 0. The minimum absolute atomic E-state index is 0.180. The first-order valence-electron chi connectivity index (χ1n) is 5.07. The molecule has 0 atom stereocenters. The number of rotatable bonds is 1. The monoisotopic (exact) mass is 289 g/mol. The zero-order valence-electron chi connectivity index (χ0n) is 8.72. The summed E-state index contributed by atoms with van der Waals surface area (Å²) in [6, 6.07) is 11.2. The number of halogens is 1. The lowest BCUT2D eigenvalue weighted by atomic mass is 10.3. The number of fused-ring (bicyclic) bond motifs is 1. The SMILES string of the molecule is O=c1[nH]c2ccccc2n1-c1ccc(Br)cn1. The van der Waals surface area contributed by atoms with Gasteiger partial charge in [0.25, 0.3) is 0 Å². The number of hydrogen-bond donors (Lipinski definition) is 1. The van der Waals surface area contributed by atoms with E-state index in [2.05, 4.69) is 25.9 Å². The van der Waals surface area contributed by atoms with Crippen molar-refractivity contribution in [1.82, 2.24) is 14.5 Å². The van der Waals surface area contributed by atoms with Crippen LogP contribution in [-0.2, 0) is 0 Å². The minimum Gasteiger partial charge on any atom is -0.305 e.